The molecule has 0 amide bonds. The van der Waals surface area contributed by atoms with E-state index in [4.69, 9.17) is 0 Å². The van der Waals surface area contributed by atoms with E-state index in [0.29, 0.717) is 5.69 Å². The predicted molar refractivity (Wildman–Crippen MR) is 90.9 cm³/mol. The van der Waals surface area contributed by atoms with Crippen molar-refractivity contribution in [3.05, 3.63) is 68.3 Å². The predicted octanol–water partition coefficient (Wildman–Crippen LogP) is 3.46. The molecule has 2 aromatic carbocycles. The number of anilines is 1. The second-order valence-electron chi connectivity index (χ2n) is 5.36. The fourth-order valence-electron chi connectivity index (χ4n) is 2.51. The van der Waals surface area contributed by atoms with Crippen molar-refractivity contribution in [3.63, 3.8) is 0 Å². The van der Waals surface area contributed by atoms with E-state index in [2.05, 4.69) is 10.5 Å². The van der Waals surface area contributed by atoms with E-state index in [0.717, 1.165) is 27.8 Å². The second kappa shape index (κ2) is 7.02. The van der Waals surface area contributed by atoms with Crippen LogP contribution in [-0.4, -0.2) is 16.2 Å². The van der Waals surface area contributed by atoms with Crippen molar-refractivity contribution < 1.29 is 10.0 Å². The maximum absolute atomic E-state index is 10.6. The summed E-state index contributed by atoms with van der Waals surface area (Å²) in [6.45, 7) is 5.92. The molecule has 6 nitrogen and oxygen atoms in total. The van der Waals surface area contributed by atoms with Crippen molar-refractivity contribution in [2.45, 2.75) is 27.4 Å². The molecule has 2 rings (SSSR count). The van der Waals surface area contributed by atoms with Crippen LogP contribution in [0.2, 0.25) is 0 Å². The highest BCUT2D eigenvalue weighted by Crippen LogP contribution is 2.21. The van der Waals surface area contributed by atoms with Crippen molar-refractivity contribution in [2.75, 3.05) is 5.43 Å². The lowest BCUT2D eigenvalue weighted by Gasteiger charge is -2.13. The number of nitro benzene ring substituents is 1. The van der Waals surface area contributed by atoms with Crippen molar-refractivity contribution in [2.24, 2.45) is 5.10 Å². The molecule has 0 radical (unpaired) electrons. The molecule has 120 valence electrons. The number of non-ortho nitro benzene ring substituents is 1. The zero-order chi connectivity index (χ0) is 17.0. The van der Waals surface area contributed by atoms with Gasteiger partial charge in [-0.15, -0.1) is 0 Å². The number of hydrazone groups is 1. The lowest BCUT2D eigenvalue weighted by atomic mass is 9.94. The number of nitrogens with zero attached hydrogens (tertiary/aromatic N) is 2. The lowest BCUT2D eigenvalue weighted by Crippen LogP contribution is -2.02. The van der Waals surface area contributed by atoms with Crippen LogP contribution in [0.4, 0.5) is 11.4 Å². The van der Waals surface area contributed by atoms with Crippen LogP contribution in [0.3, 0.4) is 0 Å². The number of hydrogen-bond acceptors (Lipinski definition) is 5. The van der Waals surface area contributed by atoms with E-state index in [-0.39, 0.29) is 12.3 Å². The number of nitro groups is 1. The second-order valence-corrected chi connectivity index (χ2v) is 5.36. The lowest BCUT2D eigenvalue weighted by molar-refractivity contribution is -0.384. The molecule has 0 aliphatic rings. The summed E-state index contributed by atoms with van der Waals surface area (Å²) < 4.78 is 0. The molecule has 0 unspecified atom stereocenters. The average Bonchev–Trinajstić information content (AvgIpc) is 2.51. The van der Waals surface area contributed by atoms with E-state index in [9.17, 15) is 15.2 Å². The number of benzene rings is 2. The van der Waals surface area contributed by atoms with Crippen LogP contribution in [0.5, 0.6) is 0 Å². The van der Waals surface area contributed by atoms with E-state index in [1.807, 2.05) is 26.8 Å². The summed E-state index contributed by atoms with van der Waals surface area (Å²) in [6.07, 6.45) is 1.70. The van der Waals surface area contributed by atoms with Gasteiger partial charge in [-0.2, -0.15) is 5.10 Å². The third kappa shape index (κ3) is 3.73. The number of aliphatic hydroxyl groups is 1. The Bertz CT molecular complexity index is 753. The number of rotatable bonds is 5. The Labute approximate surface area is 134 Å². The van der Waals surface area contributed by atoms with Crippen LogP contribution in [0.25, 0.3) is 0 Å². The van der Waals surface area contributed by atoms with Crippen LogP contribution in [0.15, 0.2) is 35.4 Å². The van der Waals surface area contributed by atoms with E-state index < -0.39 is 4.92 Å². The Hall–Kier alpha value is -2.73. The van der Waals surface area contributed by atoms with Crippen molar-refractivity contribution >= 4 is 17.6 Å². The molecule has 0 atom stereocenters. The Morgan fingerprint density at radius 3 is 2.43 bits per heavy atom. The van der Waals surface area contributed by atoms with Crippen molar-refractivity contribution in [3.8, 4) is 0 Å². The molecule has 0 bridgehead atoms. The van der Waals surface area contributed by atoms with E-state index in [1.165, 1.54) is 12.1 Å². The van der Waals surface area contributed by atoms with Gasteiger partial charge in [0.15, 0.2) is 0 Å². The monoisotopic (exact) mass is 313 g/mol. The Kier molecular flexibility index (Phi) is 5.08. The summed E-state index contributed by atoms with van der Waals surface area (Å²) in [7, 11) is 0. The smallest absolute Gasteiger partial charge is 0.269 e. The summed E-state index contributed by atoms with van der Waals surface area (Å²) in [5.74, 6) is 0. The van der Waals surface area contributed by atoms with Gasteiger partial charge >= 0.3 is 0 Å². The maximum atomic E-state index is 10.6. The number of nitrogens with one attached hydrogen (secondary N) is 1. The van der Waals surface area contributed by atoms with E-state index >= 15 is 0 Å². The first-order chi connectivity index (χ1) is 10.9. The first-order valence-electron chi connectivity index (χ1n) is 7.18. The summed E-state index contributed by atoms with van der Waals surface area (Å²) >= 11 is 0. The highest BCUT2D eigenvalue weighted by Gasteiger charge is 2.09. The van der Waals surface area contributed by atoms with Gasteiger partial charge in [0.2, 0.25) is 0 Å². The fraction of sp³-hybridized carbons (Fsp3) is 0.235. The molecule has 0 heterocycles. The largest absolute Gasteiger partial charge is 0.392 e. The molecule has 0 saturated carbocycles. The minimum Gasteiger partial charge on any atom is -0.392 e. The van der Waals surface area contributed by atoms with Gasteiger partial charge in [-0.1, -0.05) is 6.07 Å². The zero-order valence-electron chi connectivity index (χ0n) is 13.3. The number of hydrogen-bond donors (Lipinski definition) is 2. The van der Waals surface area contributed by atoms with Gasteiger partial charge in [-0.3, -0.25) is 15.5 Å². The molecule has 0 fully saturated rings. The summed E-state index contributed by atoms with van der Waals surface area (Å²) in [5, 5.41) is 24.3. The van der Waals surface area contributed by atoms with Crippen LogP contribution in [-0.2, 0) is 6.61 Å². The van der Waals surface area contributed by atoms with E-state index in [1.54, 1.807) is 18.3 Å². The quantitative estimate of drug-likeness (QED) is 0.502. The standard InChI is InChI=1S/C17H19N3O3/c1-11-8-12(2)17(10-21)13(3)16(11)9-18-19-14-4-6-15(7-5-14)20(22)23/h4-9,19,21H,10H2,1-3H3. The van der Waals surface area contributed by atoms with Gasteiger partial charge in [0.1, 0.15) is 0 Å². The first-order valence-corrected chi connectivity index (χ1v) is 7.18. The third-order valence-corrected chi connectivity index (χ3v) is 3.81. The maximum Gasteiger partial charge on any atom is 0.269 e. The van der Waals surface area contributed by atoms with Crippen LogP contribution >= 0.6 is 0 Å². The molecule has 23 heavy (non-hydrogen) atoms. The van der Waals surface area contributed by atoms with Crippen LogP contribution in [0, 0.1) is 30.9 Å². The van der Waals surface area contributed by atoms with Gasteiger partial charge in [-0.05, 0) is 55.2 Å². The highest BCUT2D eigenvalue weighted by atomic mass is 16.6. The van der Waals surface area contributed by atoms with Gasteiger partial charge in [0.25, 0.3) is 5.69 Å². The summed E-state index contributed by atoms with van der Waals surface area (Å²) in [6, 6.07) is 8.06. The molecule has 0 spiro atoms. The van der Waals surface area contributed by atoms with Crippen LogP contribution in [0.1, 0.15) is 27.8 Å². The van der Waals surface area contributed by atoms with Gasteiger partial charge in [0, 0.05) is 17.7 Å². The molecular formula is C17H19N3O3. The van der Waals surface area contributed by atoms with Crippen LogP contribution < -0.4 is 5.43 Å². The highest BCUT2D eigenvalue weighted by molar-refractivity contribution is 5.85. The summed E-state index contributed by atoms with van der Waals surface area (Å²) in [4.78, 5) is 10.2. The topological polar surface area (TPSA) is 87.8 Å². The minimum atomic E-state index is -0.442. The normalized spacial score (nSPS) is 11.0. The third-order valence-electron chi connectivity index (χ3n) is 3.81. The van der Waals surface area contributed by atoms with Gasteiger partial charge in [0.05, 0.1) is 23.4 Å². The molecule has 0 saturated heterocycles. The average molecular weight is 313 g/mol. The Morgan fingerprint density at radius 2 is 1.87 bits per heavy atom. The van der Waals surface area contributed by atoms with Gasteiger partial charge < -0.3 is 5.11 Å². The first kappa shape index (κ1) is 16.6. The van der Waals surface area contributed by atoms with Crippen molar-refractivity contribution in [1.29, 1.82) is 0 Å². The zero-order valence-corrected chi connectivity index (χ0v) is 13.3. The summed E-state index contributed by atoms with van der Waals surface area (Å²) in [5.41, 5.74) is 8.55. The van der Waals surface area contributed by atoms with Crippen molar-refractivity contribution in [1.82, 2.24) is 0 Å². The molecule has 0 aromatic heterocycles. The number of aryl methyl sites for hydroxylation is 2. The fourth-order valence-corrected chi connectivity index (χ4v) is 2.51. The molecule has 2 aromatic rings. The minimum absolute atomic E-state index is 0.00539. The Balaban J connectivity index is 2.19. The molecule has 2 N–H and O–H groups in total. The molecule has 0 aliphatic heterocycles. The molecule has 0 aliphatic carbocycles. The Morgan fingerprint density at radius 1 is 1.22 bits per heavy atom. The molecular weight excluding hydrogens is 294 g/mol. The molecule has 6 heteroatoms. The number of aliphatic hydroxyl groups excluding tert-OH is 1. The van der Waals surface area contributed by atoms with Gasteiger partial charge in [-0.25, -0.2) is 0 Å². The SMILES string of the molecule is Cc1cc(C)c(CO)c(C)c1C=NNc1ccc([N+](=O)[O-])cc1.